The molecule has 0 saturated heterocycles. The predicted molar refractivity (Wildman–Crippen MR) is 135 cm³/mol. The summed E-state index contributed by atoms with van der Waals surface area (Å²) >= 11 is 0. The van der Waals surface area contributed by atoms with E-state index in [0.717, 1.165) is 21.7 Å². The molecule has 0 radical (unpaired) electrons. The van der Waals surface area contributed by atoms with E-state index in [2.05, 4.69) is 10.0 Å². The summed E-state index contributed by atoms with van der Waals surface area (Å²) in [6, 6.07) is 17.7. The van der Waals surface area contributed by atoms with Gasteiger partial charge in [-0.2, -0.15) is 0 Å². The van der Waals surface area contributed by atoms with Gasteiger partial charge in [0.1, 0.15) is 5.75 Å². The number of hydrogen-bond acceptors (Lipinski definition) is 6. The first-order valence-electron chi connectivity index (χ1n) is 10.7. The molecule has 0 unspecified atom stereocenters. The molecule has 0 fully saturated rings. The van der Waals surface area contributed by atoms with Gasteiger partial charge in [0.05, 0.1) is 29.1 Å². The summed E-state index contributed by atoms with van der Waals surface area (Å²) in [6.45, 7) is 3.50. The minimum Gasteiger partial charge on any atom is -0.476 e. The van der Waals surface area contributed by atoms with E-state index in [0.29, 0.717) is 17.1 Å². The molecule has 0 saturated carbocycles. The molecule has 1 aliphatic rings. The molecule has 1 aliphatic heterocycles. The summed E-state index contributed by atoms with van der Waals surface area (Å²) in [5, 5.41) is 2.66. The number of amides is 1. The highest BCUT2D eigenvalue weighted by molar-refractivity contribution is 7.92. The van der Waals surface area contributed by atoms with Crippen molar-refractivity contribution in [3.8, 4) is 5.75 Å². The molecule has 184 valence electrons. The van der Waals surface area contributed by atoms with Gasteiger partial charge < -0.3 is 10.1 Å². The average Bonchev–Trinajstić information content (AvgIpc) is 2.80. The molecule has 2 N–H and O–H groups in total. The lowest BCUT2D eigenvalue weighted by atomic mass is 10.1. The Kier molecular flexibility index (Phi) is 6.48. The second kappa shape index (κ2) is 9.23. The van der Waals surface area contributed by atoms with Crippen LogP contribution in [0.3, 0.4) is 0 Å². The standard InChI is InChI=1S/C24H25N3O6S2/c1-16-8-9-17(2)20(14-16)26-35(31,32)19-12-10-18(11-13-19)25-24(28)23-15-27(34(3,29)30)21-6-4-5-7-22(21)33-23/h4-14,23,26H,15H2,1-3H3,(H,25,28)/t23-/m0/s1. The van der Waals surface area contributed by atoms with Gasteiger partial charge in [-0.1, -0.05) is 24.3 Å². The molecule has 3 aromatic rings. The highest BCUT2D eigenvalue weighted by Crippen LogP contribution is 2.34. The molecule has 0 spiro atoms. The maximum Gasteiger partial charge on any atom is 0.267 e. The molecular formula is C24H25N3O6S2. The lowest BCUT2D eigenvalue weighted by molar-refractivity contribution is -0.122. The van der Waals surface area contributed by atoms with Gasteiger partial charge in [-0.25, -0.2) is 16.8 Å². The lowest BCUT2D eigenvalue weighted by Crippen LogP contribution is -2.48. The smallest absolute Gasteiger partial charge is 0.267 e. The van der Waals surface area contributed by atoms with Gasteiger partial charge in [-0.05, 0) is 67.4 Å². The van der Waals surface area contributed by atoms with Crippen molar-refractivity contribution in [3.63, 3.8) is 0 Å². The molecule has 1 heterocycles. The van der Waals surface area contributed by atoms with Gasteiger partial charge in [0.2, 0.25) is 10.0 Å². The number of anilines is 3. The van der Waals surface area contributed by atoms with Crippen LogP contribution in [-0.4, -0.2) is 41.6 Å². The zero-order valence-electron chi connectivity index (χ0n) is 19.3. The largest absolute Gasteiger partial charge is 0.476 e. The quantitative estimate of drug-likeness (QED) is 0.520. The number of fused-ring (bicyclic) bond motifs is 1. The van der Waals surface area contributed by atoms with E-state index in [-0.39, 0.29) is 17.2 Å². The zero-order chi connectivity index (χ0) is 25.4. The lowest BCUT2D eigenvalue weighted by Gasteiger charge is -2.33. The van der Waals surface area contributed by atoms with Crippen molar-refractivity contribution in [2.24, 2.45) is 0 Å². The zero-order valence-corrected chi connectivity index (χ0v) is 21.0. The number of nitrogens with zero attached hydrogens (tertiary/aromatic N) is 1. The van der Waals surface area contributed by atoms with Crippen molar-refractivity contribution < 1.29 is 26.4 Å². The fourth-order valence-corrected chi connectivity index (χ4v) is 5.68. The highest BCUT2D eigenvalue weighted by Gasteiger charge is 2.34. The van der Waals surface area contributed by atoms with E-state index in [1.165, 1.54) is 24.3 Å². The van der Waals surface area contributed by atoms with Gasteiger partial charge >= 0.3 is 0 Å². The van der Waals surface area contributed by atoms with Crippen LogP contribution >= 0.6 is 0 Å². The van der Waals surface area contributed by atoms with Crippen LogP contribution < -0.4 is 19.1 Å². The number of carbonyl (C=O) groups is 1. The van der Waals surface area contributed by atoms with Gasteiger partial charge in [0, 0.05) is 5.69 Å². The SMILES string of the molecule is Cc1ccc(C)c(NS(=O)(=O)c2ccc(NC(=O)[C@@H]3CN(S(C)(=O)=O)c4ccccc4O3)cc2)c1. The van der Waals surface area contributed by atoms with Crippen LogP contribution in [0.4, 0.5) is 17.1 Å². The molecule has 1 atom stereocenters. The van der Waals surface area contributed by atoms with E-state index < -0.39 is 32.1 Å². The van der Waals surface area contributed by atoms with Crippen molar-refractivity contribution in [1.29, 1.82) is 0 Å². The second-order valence-electron chi connectivity index (χ2n) is 8.31. The van der Waals surface area contributed by atoms with Crippen LogP contribution in [0, 0.1) is 13.8 Å². The first-order valence-corrected chi connectivity index (χ1v) is 14.0. The maximum atomic E-state index is 12.9. The summed E-state index contributed by atoms with van der Waals surface area (Å²) in [7, 11) is -7.47. The van der Waals surface area contributed by atoms with Crippen LogP contribution in [0.25, 0.3) is 0 Å². The van der Waals surface area contributed by atoms with E-state index in [4.69, 9.17) is 4.74 Å². The first kappa shape index (κ1) is 24.6. The molecule has 9 nitrogen and oxygen atoms in total. The number of nitrogens with one attached hydrogen (secondary N) is 2. The number of rotatable bonds is 6. The third-order valence-corrected chi connectivity index (χ3v) is 8.02. The van der Waals surface area contributed by atoms with Crippen molar-refractivity contribution in [1.82, 2.24) is 0 Å². The normalized spacial score (nSPS) is 15.6. The minimum atomic E-state index is -3.84. The summed E-state index contributed by atoms with van der Waals surface area (Å²) < 4.78 is 59.6. The number of aryl methyl sites for hydroxylation is 2. The minimum absolute atomic E-state index is 0.0301. The van der Waals surface area contributed by atoms with Crippen molar-refractivity contribution in [2.45, 2.75) is 24.8 Å². The molecule has 3 aromatic carbocycles. The molecule has 0 aromatic heterocycles. The van der Waals surface area contributed by atoms with Gasteiger partial charge in [-0.3, -0.25) is 13.8 Å². The molecular weight excluding hydrogens is 490 g/mol. The second-order valence-corrected chi connectivity index (χ2v) is 11.9. The van der Waals surface area contributed by atoms with Crippen LogP contribution in [-0.2, 0) is 24.8 Å². The van der Waals surface area contributed by atoms with Crippen LogP contribution in [0.2, 0.25) is 0 Å². The number of sulfonamides is 2. The van der Waals surface area contributed by atoms with E-state index in [9.17, 15) is 21.6 Å². The van der Waals surface area contributed by atoms with Crippen molar-refractivity contribution in [2.75, 3.05) is 27.1 Å². The van der Waals surface area contributed by atoms with Crippen LogP contribution in [0.1, 0.15) is 11.1 Å². The number of ether oxygens (including phenoxy) is 1. The Morgan fingerprint density at radius 3 is 2.34 bits per heavy atom. The number of carbonyl (C=O) groups excluding carboxylic acids is 1. The van der Waals surface area contributed by atoms with E-state index >= 15 is 0 Å². The van der Waals surface area contributed by atoms with E-state index in [1.807, 2.05) is 26.0 Å². The van der Waals surface area contributed by atoms with Gasteiger partial charge in [0.25, 0.3) is 15.9 Å². The van der Waals surface area contributed by atoms with Gasteiger partial charge in [-0.15, -0.1) is 0 Å². The Bertz CT molecular complexity index is 1490. The number of para-hydroxylation sites is 2. The third-order valence-electron chi connectivity index (χ3n) is 5.50. The Morgan fingerprint density at radius 2 is 1.66 bits per heavy atom. The van der Waals surface area contributed by atoms with E-state index in [1.54, 1.807) is 30.3 Å². The van der Waals surface area contributed by atoms with Crippen LogP contribution in [0.5, 0.6) is 5.75 Å². The third kappa shape index (κ3) is 5.41. The Labute approximate surface area is 204 Å². The van der Waals surface area contributed by atoms with Gasteiger partial charge in [0.15, 0.2) is 6.10 Å². The highest BCUT2D eigenvalue weighted by atomic mass is 32.2. The fraction of sp³-hybridized carbons (Fsp3) is 0.208. The molecule has 4 rings (SSSR count). The topological polar surface area (TPSA) is 122 Å². The van der Waals surface area contributed by atoms with Crippen molar-refractivity contribution >= 4 is 43.0 Å². The summed E-state index contributed by atoms with van der Waals surface area (Å²) in [5.41, 5.74) is 2.92. The van der Waals surface area contributed by atoms with Crippen LogP contribution in [0.15, 0.2) is 71.6 Å². The Morgan fingerprint density at radius 1 is 0.971 bits per heavy atom. The molecule has 0 aliphatic carbocycles. The monoisotopic (exact) mass is 515 g/mol. The molecule has 11 heteroatoms. The molecule has 0 bridgehead atoms. The molecule has 35 heavy (non-hydrogen) atoms. The average molecular weight is 516 g/mol. The summed E-state index contributed by atoms with van der Waals surface area (Å²) in [5.74, 6) is -0.277. The summed E-state index contributed by atoms with van der Waals surface area (Å²) in [4.78, 5) is 12.9. The predicted octanol–water partition coefficient (Wildman–Crippen LogP) is 3.27. The Hall–Kier alpha value is -3.57. The molecule has 1 amide bonds. The summed E-state index contributed by atoms with van der Waals surface area (Å²) in [6.07, 6.45) is -0.0239. The first-order chi connectivity index (χ1) is 16.4. The number of hydrogen-bond donors (Lipinski definition) is 2. The fourth-order valence-electron chi connectivity index (χ4n) is 3.64. The maximum absolute atomic E-state index is 12.9. The van der Waals surface area contributed by atoms with Crippen molar-refractivity contribution in [3.05, 3.63) is 77.9 Å². The number of benzene rings is 3. The Balaban J connectivity index is 1.49.